The van der Waals surface area contributed by atoms with E-state index in [2.05, 4.69) is 10.2 Å². The number of nitriles is 1. The van der Waals surface area contributed by atoms with E-state index in [9.17, 15) is 4.91 Å². The topological polar surface area (TPSA) is 66.1 Å². The van der Waals surface area contributed by atoms with Crippen molar-refractivity contribution < 1.29 is 0 Å². The lowest BCUT2D eigenvalue weighted by atomic mass is 10.1. The molecular weight excluding hydrogens is 178 g/mol. The van der Waals surface area contributed by atoms with E-state index in [-0.39, 0.29) is 11.3 Å². The van der Waals surface area contributed by atoms with Gasteiger partial charge in [0.2, 0.25) is 0 Å². The fraction of sp³-hybridized carbons (Fsp3) is 0. The summed E-state index contributed by atoms with van der Waals surface area (Å²) in [7, 11) is 0. The first-order valence-corrected chi connectivity index (χ1v) is 3.98. The van der Waals surface area contributed by atoms with E-state index in [0.29, 0.717) is 10.9 Å². The maximum Gasteiger partial charge on any atom is 0.126 e. The number of nitrogens with zero attached hydrogens (tertiary/aromatic N) is 3. The monoisotopic (exact) mass is 183 g/mol. The third kappa shape index (κ3) is 1.12. The largest absolute Gasteiger partial charge is 0.256 e. The van der Waals surface area contributed by atoms with Crippen LogP contribution in [0, 0.1) is 16.2 Å². The Morgan fingerprint density at radius 2 is 2.21 bits per heavy atom. The molecule has 0 unspecified atom stereocenters. The Morgan fingerprint density at radius 1 is 1.36 bits per heavy atom. The first-order chi connectivity index (χ1) is 6.86. The van der Waals surface area contributed by atoms with Crippen molar-refractivity contribution in [2.24, 2.45) is 5.18 Å². The Balaban J connectivity index is 2.92. The first kappa shape index (κ1) is 8.32. The molecule has 4 nitrogen and oxygen atoms in total. The second kappa shape index (κ2) is 3.23. The van der Waals surface area contributed by atoms with Gasteiger partial charge in [-0.3, -0.25) is 4.98 Å². The van der Waals surface area contributed by atoms with E-state index >= 15 is 0 Å². The van der Waals surface area contributed by atoms with Crippen LogP contribution < -0.4 is 0 Å². The van der Waals surface area contributed by atoms with Gasteiger partial charge >= 0.3 is 0 Å². The Kier molecular flexibility index (Phi) is 1.92. The van der Waals surface area contributed by atoms with Crippen LogP contribution in [0.3, 0.4) is 0 Å². The van der Waals surface area contributed by atoms with Gasteiger partial charge in [0.25, 0.3) is 0 Å². The van der Waals surface area contributed by atoms with E-state index < -0.39 is 0 Å². The summed E-state index contributed by atoms with van der Waals surface area (Å²) in [4.78, 5) is 14.5. The Bertz CT molecular complexity index is 543. The zero-order valence-corrected chi connectivity index (χ0v) is 7.14. The van der Waals surface area contributed by atoms with E-state index in [0.717, 1.165) is 0 Å². The van der Waals surface area contributed by atoms with Gasteiger partial charge in [-0.15, -0.1) is 4.91 Å². The van der Waals surface area contributed by atoms with E-state index in [1.54, 1.807) is 24.4 Å². The molecule has 1 aromatic heterocycles. The number of aromatic nitrogens is 1. The van der Waals surface area contributed by atoms with Crippen molar-refractivity contribution in [1.29, 1.82) is 5.26 Å². The number of pyridine rings is 1. The van der Waals surface area contributed by atoms with Crippen molar-refractivity contribution in [3.8, 4) is 6.07 Å². The minimum absolute atomic E-state index is 0.160. The minimum Gasteiger partial charge on any atom is -0.256 e. The fourth-order valence-corrected chi connectivity index (χ4v) is 1.33. The number of rotatable bonds is 1. The average molecular weight is 183 g/mol. The van der Waals surface area contributed by atoms with Gasteiger partial charge in [-0.25, -0.2) is 0 Å². The lowest BCUT2D eigenvalue weighted by Gasteiger charge is -1.99. The quantitative estimate of drug-likeness (QED) is 0.638. The van der Waals surface area contributed by atoms with Crippen molar-refractivity contribution in [3.63, 3.8) is 0 Å². The summed E-state index contributed by atoms with van der Waals surface area (Å²) in [5, 5.41) is 12.3. The van der Waals surface area contributed by atoms with Gasteiger partial charge in [-0.1, -0.05) is 0 Å². The van der Waals surface area contributed by atoms with Crippen LogP contribution in [-0.4, -0.2) is 4.98 Å². The Labute approximate surface area is 79.8 Å². The van der Waals surface area contributed by atoms with Gasteiger partial charge in [-0.05, 0) is 29.4 Å². The lowest BCUT2D eigenvalue weighted by Crippen LogP contribution is -1.82. The van der Waals surface area contributed by atoms with Crippen LogP contribution >= 0.6 is 0 Å². The molecule has 0 bridgehead atoms. The molecule has 0 radical (unpaired) electrons. The molecule has 0 amide bonds. The second-order valence-electron chi connectivity index (χ2n) is 2.73. The summed E-state index contributed by atoms with van der Waals surface area (Å²) in [6, 6.07) is 8.60. The lowest BCUT2D eigenvalue weighted by molar-refractivity contribution is 1.39. The number of benzene rings is 1. The van der Waals surface area contributed by atoms with Gasteiger partial charge in [0.05, 0.1) is 11.1 Å². The van der Waals surface area contributed by atoms with Crippen LogP contribution in [0.2, 0.25) is 0 Å². The molecular formula is C10H5N3O. The van der Waals surface area contributed by atoms with Crippen molar-refractivity contribution >= 4 is 16.6 Å². The molecule has 14 heavy (non-hydrogen) atoms. The minimum atomic E-state index is 0.160. The Hall–Kier alpha value is -2.28. The van der Waals surface area contributed by atoms with Crippen LogP contribution in [0.15, 0.2) is 35.6 Å². The van der Waals surface area contributed by atoms with Crippen LogP contribution in [0.1, 0.15) is 5.56 Å². The average Bonchev–Trinajstić information content (AvgIpc) is 2.27. The number of hydrogen-bond donors (Lipinski definition) is 0. The molecule has 0 fully saturated rings. The first-order valence-electron chi connectivity index (χ1n) is 3.98. The van der Waals surface area contributed by atoms with Crippen LogP contribution in [-0.2, 0) is 0 Å². The van der Waals surface area contributed by atoms with Crippen LogP contribution in [0.5, 0.6) is 0 Å². The SMILES string of the molecule is N#Cc1c(N=O)ccc2ncccc12. The standard InChI is InChI=1S/C10H5N3O/c11-6-8-7-2-1-5-12-9(7)3-4-10(8)13-14/h1-5H. The van der Waals surface area contributed by atoms with Gasteiger partial charge in [0.1, 0.15) is 11.8 Å². The summed E-state index contributed by atoms with van der Waals surface area (Å²) >= 11 is 0. The predicted molar refractivity (Wildman–Crippen MR) is 51.9 cm³/mol. The van der Waals surface area contributed by atoms with Crippen LogP contribution in [0.4, 0.5) is 5.69 Å². The van der Waals surface area contributed by atoms with E-state index in [1.807, 2.05) is 6.07 Å². The van der Waals surface area contributed by atoms with Crippen molar-refractivity contribution in [2.45, 2.75) is 0 Å². The highest BCUT2D eigenvalue weighted by molar-refractivity contribution is 5.89. The molecule has 1 heterocycles. The smallest absolute Gasteiger partial charge is 0.126 e. The summed E-state index contributed by atoms with van der Waals surface area (Å²) in [6.07, 6.45) is 1.64. The number of nitroso groups, excluding NO2 is 1. The van der Waals surface area contributed by atoms with Crippen molar-refractivity contribution in [2.75, 3.05) is 0 Å². The molecule has 66 valence electrons. The highest BCUT2D eigenvalue weighted by Crippen LogP contribution is 2.25. The van der Waals surface area contributed by atoms with E-state index in [1.165, 1.54) is 6.07 Å². The third-order valence-electron chi connectivity index (χ3n) is 1.97. The van der Waals surface area contributed by atoms with Crippen molar-refractivity contribution in [3.05, 3.63) is 40.9 Å². The molecule has 2 aromatic rings. The second-order valence-corrected chi connectivity index (χ2v) is 2.73. The van der Waals surface area contributed by atoms with Gasteiger partial charge < -0.3 is 0 Å². The molecule has 1 aromatic carbocycles. The number of fused-ring (bicyclic) bond motifs is 1. The molecule has 0 spiro atoms. The highest BCUT2D eigenvalue weighted by atomic mass is 16.3. The molecule has 4 heteroatoms. The molecule has 0 saturated heterocycles. The maximum atomic E-state index is 10.4. The van der Waals surface area contributed by atoms with Gasteiger partial charge in [0, 0.05) is 11.6 Å². The molecule has 0 atom stereocenters. The molecule has 0 aliphatic heterocycles. The Morgan fingerprint density at radius 3 is 2.93 bits per heavy atom. The third-order valence-corrected chi connectivity index (χ3v) is 1.97. The summed E-state index contributed by atoms with van der Waals surface area (Å²) in [5.41, 5.74) is 1.13. The summed E-state index contributed by atoms with van der Waals surface area (Å²) < 4.78 is 0. The highest BCUT2D eigenvalue weighted by Gasteiger charge is 2.07. The molecule has 0 saturated carbocycles. The van der Waals surface area contributed by atoms with E-state index in [4.69, 9.17) is 5.26 Å². The van der Waals surface area contributed by atoms with Gasteiger partial charge in [0.15, 0.2) is 0 Å². The predicted octanol–water partition coefficient (Wildman–Crippen LogP) is 2.50. The maximum absolute atomic E-state index is 10.4. The zero-order chi connectivity index (χ0) is 9.97. The molecule has 0 aliphatic rings. The van der Waals surface area contributed by atoms with Crippen molar-refractivity contribution in [1.82, 2.24) is 4.98 Å². The summed E-state index contributed by atoms with van der Waals surface area (Å²) in [5.74, 6) is 0. The molecule has 0 N–H and O–H groups in total. The fourth-order valence-electron chi connectivity index (χ4n) is 1.33. The van der Waals surface area contributed by atoms with Crippen LogP contribution in [0.25, 0.3) is 10.9 Å². The number of hydrogen-bond acceptors (Lipinski definition) is 4. The molecule has 2 rings (SSSR count). The zero-order valence-electron chi connectivity index (χ0n) is 7.14. The molecule has 0 aliphatic carbocycles. The van der Waals surface area contributed by atoms with Gasteiger partial charge in [-0.2, -0.15) is 5.26 Å². The summed E-state index contributed by atoms with van der Waals surface area (Å²) in [6.45, 7) is 0. The normalized spacial score (nSPS) is 9.64.